The second-order valence-corrected chi connectivity index (χ2v) is 5.34. The van der Waals surface area contributed by atoms with Gasteiger partial charge in [0.25, 0.3) is 11.5 Å². The van der Waals surface area contributed by atoms with Gasteiger partial charge in [-0.25, -0.2) is 0 Å². The Kier molecular flexibility index (Phi) is 4.61. The Labute approximate surface area is 144 Å². The topological polar surface area (TPSA) is 88.0 Å². The first kappa shape index (κ1) is 17.5. The fourth-order valence-electron chi connectivity index (χ4n) is 2.22. The summed E-state index contributed by atoms with van der Waals surface area (Å²) in [5, 5.41) is 6.28. The van der Waals surface area contributed by atoms with Gasteiger partial charge < -0.3 is 14.8 Å². The molecule has 134 valence electrons. The number of H-pyrrole nitrogens is 1. The fourth-order valence-corrected chi connectivity index (χ4v) is 2.22. The van der Waals surface area contributed by atoms with E-state index in [-0.39, 0.29) is 6.54 Å². The molecule has 1 aromatic carbocycles. The molecule has 0 aliphatic heterocycles. The van der Waals surface area contributed by atoms with Crippen molar-refractivity contribution in [3.63, 3.8) is 0 Å². The van der Waals surface area contributed by atoms with Crippen molar-refractivity contribution < 1.29 is 22.5 Å². The lowest BCUT2D eigenvalue weighted by atomic mass is 10.1. The van der Waals surface area contributed by atoms with E-state index in [1.54, 1.807) is 11.1 Å². The third-order valence-electron chi connectivity index (χ3n) is 3.51. The number of aromatic amines is 1. The van der Waals surface area contributed by atoms with Crippen LogP contribution in [0.3, 0.4) is 0 Å². The lowest BCUT2D eigenvalue weighted by Crippen LogP contribution is -2.30. The average molecular weight is 363 g/mol. The van der Waals surface area contributed by atoms with Gasteiger partial charge in [-0.15, -0.1) is 0 Å². The molecule has 0 radical (unpaired) electrons. The van der Waals surface area contributed by atoms with Crippen LogP contribution in [-0.2, 0) is 12.7 Å². The number of amides is 1. The highest BCUT2D eigenvalue weighted by Crippen LogP contribution is 2.26. The SMILES string of the molecule is O=C(NCc1cc(-c2ccccc2)no1)c1ccc(C(F)(F)F)[nH]c1=O. The number of hydrogen-bond acceptors (Lipinski definition) is 4. The molecule has 2 N–H and O–H groups in total. The van der Waals surface area contributed by atoms with E-state index in [1.165, 1.54) is 0 Å². The molecule has 9 heteroatoms. The number of carbonyl (C=O) groups excluding carboxylic acids is 1. The van der Waals surface area contributed by atoms with Crippen LogP contribution in [0.4, 0.5) is 13.2 Å². The van der Waals surface area contributed by atoms with Crippen LogP contribution >= 0.6 is 0 Å². The van der Waals surface area contributed by atoms with Gasteiger partial charge in [0.2, 0.25) is 0 Å². The molecule has 0 aliphatic rings. The van der Waals surface area contributed by atoms with E-state index in [2.05, 4.69) is 10.5 Å². The summed E-state index contributed by atoms with van der Waals surface area (Å²) in [4.78, 5) is 25.3. The predicted octanol–water partition coefficient (Wildman–Crippen LogP) is 2.98. The summed E-state index contributed by atoms with van der Waals surface area (Å²) in [5.74, 6) is -0.488. The maximum absolute atomic E-state index is 12.5. The van der Waals surface area contributed by atoms with Gasteiger partial charge in [0.1, 0.15) is 17.0 Å². The second-order valence-electron chi connectivity index (χ2n) is 5.34. The van der Waals surface area contributed by atoms with Crippen molar-refractivity contribution in [2.75, 3.05) is 0 Å². The summed E-state index contributed by atoms with van der Waals surface area (Å²) in [6.07, 6.45) is -4.69. The lowest BCUT2D eigenvalue weighted by molar-refractivity contribution is -0.141. The van der Waals surface area contributed by atoms with E-state index in [1.807, 2.05) is 30.3 Å². The number of nitrogens with zero attached hydrogens (tertiary/aromatic N) is 1. The molecule has 6 nitrogen and oxygen atoms in total. The molecule has 1 amide bonds. The van der Waals surface area contributed by atoms with Gasteiger partial charge in [0.05, 0.1) is 6.54 Å². The van der Waals surface area contributed by atoms with Gasteiger partial charge in [-0.2, -0.15) is 13.2 Å². The highest BCUT2D eigenvalue weighted by atomic mass is 19.4. The number of rotatable bonds is 4. The smallest absolute Gasteiger partial charge is 0.359 e. The molecule has 0 aliphatic carbocycles. The largest absolute Gasteiger partial charge is 0.431 e. The highest BCUT2D eigenvalue weighted by molar-refractivity contribution is 5.93. The molecular formula is C17H12F3N3O3. The average Bonchev–Trinajstić information content (AvgIpc) is 3.08. The van der Waals surface area contributed by atoms with Crippen molar-refractivity contribution in [1.29, 1.82) is 0 Å². The van der Waals surface area contributed by atoms with Crippen LogP contribution in [0.1, 0.15) is 21.8 Å². The first-order valence-electron chi connectivity index (χ1n) is 7.44. The van der Waals surface area contributed by atoms with Crippen LogP contribution in [-0.4, -0.2) is 16.0 Å². The first-order valence-corrected chi connectivity index (χ1v) is 7.44. The van der Waals surface area contributed by atoms with E-state index in [0.717, 1.165) is 11.6 Å². The minimum Gasteiger partial charge on any atom is -0.359 e. The number of pyridine rings is 1. The monoisotopic (exact) mass is 363 g/mol. The third kappa shape index (κ3) is 3.82. The van der Waals surface area contributed by atoms with Crippen molar-refractivity contribution in [2.45, 2.75) is 12.7 Å². The molecule has 0 spiro atoms. The molecule has 0 atom stereocenters. The van der Waals surface area contributed by atoms with E-state index >= 15 is 0 Å². The Morgan fingerprint density at radius 1 is 1.15 bits per heavy atom. The summed E-state index contributed by atoms with van der Waals surface area (Å²) >= 11 is 0. The van der Waals surface area contributed by atoms with Crippen molar-refractivity contribution in [2.24, 2.45) is 0 Å². The zero-order valence-corrected chi connectivity index (χ0v) is 13.1. The van der Waals surface area contributed by atoms with E-state index in [0.29, 0.717) is 17.5 Å². The first-order chi connectivity index (χ1) is 12.3. The lowest BCUT2D eigenvalue weighted by Gasteiger charge is -2.07. The summed E-state index contributed by atoms with van der Waals surface area (Å²) in [6.45, 7) is -0.0703. The Bertz CT molecular complexity index is 978. The van der Waals surface area contributed by atoms with Crippen LogP contribution in [0.2, 0.25) is 0 Å². The minimum absolute atomic E-state index is 0.0703. The standard InChI is InChI=1S/C17H12F3N3O3/c18-17(19,20)14-7-6-12(16(25)22-14)15(24)21-9-11-8-13(23-26-11)10-4-2-1-3-5-10/h1-8H,9H2,(H,21,24)(H,22,25). The Morgan fingerprint density at radius 3 is 2.54 bits per heavy atom. The highest BCUT2D eigenvalue weighted by Gasteiger charge is 2.32. The van der Waals surface area contributed by atoms with Gasteiger partial charge in [-0.1, -0.05) is 35.5 Å². The summed E-state index contributed by atoms with van der Waals surface area (Å²) in [6, 6.07) is 12.3. The molecule has 3 rings (SSSR count). The summed E-state index contributed by atoms with van der Waals surface area (Å²) in [7, 11) is 0. The molecule has 26 heavy (non-hydrogen) atoms. The van der Waals surface area contributed by atoms with Crippen LogP contribution < -0.4 is 10.9 Å². The Balaban J connectivity index is 1.68. The number of carbonyl (C=O) groups is 1. The van der Waals surface area contributed by atoms with Gasteiger partial charge >= 0.3 is 6.18 Å². The van der Waals surface area contributed by atoms with Crippen molar-refractivity contribution in [3.8, 4) is 11.3 Å². The molecule has 2 aromatic heterocycles. The molecule has 0 unspecified atom stereocenters. The van der Waals surface area contributed by atoms with E-state index < -0.39 is 28.9 Å². The fraction of sp³-hybridized carbons (Fsp3) is 0.118. The van der Waals surface area contributed by atoms with Gasteiger partial charge in [-0.3, -0.25) is 9.59 Å². The molecule has 0 bridgehead atoms. The molecule has 0 saturated carbocycles. The third-order valence-corrected chi connectivity index (χ3v) is 3.51. The Hall–Kier alpha value is -3.36. The zero-order chi connectivity index (χ0) is 18.7. The van der Waals surface area contributed by atoms with Crippen LogP contribution in [0.25, 0.3) is 11.3 Å². The van der Waals surface area contributed by atoms with Gasteiger partial charge in [0.15, 0.2) is 5.76 Å². The van der Waals surface area contributed by atoms with Gasteiger partial charge in [-0.05, 0) is 12.1 Å². The zero-order valence-electron chi connectivity index (χ0n) is 13.1. The maximum atomic E-state index is 12.5. The van der Waals surface area contributed by atoms with Gasteiger partial charge in [0, 0.05) is 11.6 Å². The normalized spacial score (nSPS) is 11.3. The quantitative estimate of drug-likeness (QED) is 0.746. The molecular weight excluding hydrogens is 351 g/mol. The number of aromatic nitrogens is 2. The minimum atomic E-state index is -4.69. The van der Waals surface area contributed by atoms with Crippen LogP contribution in [0.15, 0.2) is 57.8 Å². The summed E-state index contributed by atoms with van der Waals surface area (Å²) in [5.41, 5.74) is -1.38. The summed E-state index contributed by atoms with van der Waals surface area (Å²) < 4.78 is 42.7. The number of halogens is 3. The van der Waals surface area contributed by atoms with E-state index in [4.69, 9.17) is 4.52 Å². The van der Waals surface area contributed by atoms with Crippen molar-refractivity contribution in [1.82, 2.24) is 15.5 Å². The number of alkyl halides is 3. The van der Waals surface area contributed by atoms with E-state index in [9.17, 15) is 22.8 Å². The molecule has 3 aromatic rings. The predicted molar refractivity (Wildman–Crippen MR) is 85.2 cm³/mol. The Morgan fingerprint density at radius 2 is 1.88 bits per heavy atom. The van der Waals surface area contributed by atoms with Crippen LogP contribution in [0.5, 0.6) is 0 Å². The van der Waals surface area contributed by atoms with Crippen LogP contribution in [0, 0.1) is 0 Å². The maximum Gasteiger partial charge on any atom is 0.431 e. The number of benzene rings is 1. The second kappa shape index (κ2) is 6.87. The molecule has 0 fully saturated rings. The molecule has 0 saturated heterocycles. The number of nitrogens with one attached hydrogen (secondary N) is 2. The van der Waals surface area contributed by atoms with Crippen molar-refractivity contribution >= 4 is 5.91 Å². The number of hydrogen-bond donors (Lipinski definition) is 2. The van der Waals surface area contributed by atoms with Crippen molar-refractivity contribution in [3.05, 3.63) is 75.9 Å². The molecule has 2 heterocycles.